The molecule has 5 rings (SSSR count). The van der Waals surface area contributed by atoms with E-state index in [4.69, 9.17) is 28.7 Å². The Bertz CT molecular complexity index is 1060. The molecule has 2 heterocycles. The van der Waals surface area contributed by atoms with Gasteiger partial charge in [-0.2, -0.15) is 0 Å². The molecule has 37 heavy (non-hydrogen) atoms. The lowest BCUT2D eigenvalue weighted by molar-refractivity contribution is -0.243. The number of nitrogens with one attached hydrogen (secondary N) is 1. The van der Waals surface area contributed by atoms with Crippen LogP contribution in [-0.2, 0) is 27.4 Å². The lowest BCUT2D eigenvalue weighted by Gasteiger charge is -2.47. The second-order valence-electron chi connectivity index (χ2n) is 9.78. The third kappa shape index (κ3) is 5.76. The van der Waals surface area contributed by atoms with Crippen LogP contribution in [0, 0.1) is 0 Å². The number of hydrogen-bond donors (Lipinski definition) is 2. The monoisotopic (exact) mass is 528 g/mol. The van der Waals surface area contributed by atoms with Crippen LogP contribution >= 0.6 is 11.8 Å². The van der Waals surface area contributed by atoms with Gasteiger partial charge in [0.25, 0.3) is 0 Å². The average molecular weight is 529 g/mol. The molecule has 2 aromatic rings. The molecule has 2 N–H and O–H groups in total. The van der Waals surface area contributed by atoms with Gasteiger partial charge in [0.05, 0.1) is 33.0 Å². The molecule has 2 aromatic carbocycles. The van der Waals surface area contributed by atoms with Crippen LogP contribution in [0.4, 0.5) is 0 Å². The Balaban J connectivity index is 1.42. The topological polar surface area (TPSA) is 90.8 Å². The van der Waals surface area contributed by atoms with Gasteiger partial charge in [0.1, 0.15) is 41.3 Å². The van der Waals surface area contributed by atoms with Crippen LogP contribution in [0.25, 0.3) is 0 Å². The number of aliphatic hydroxyl groups is 1. The summed E-state index contributed by atoms with van der Waals surface area (Å²) < 4.78 is 30.4. The van der Waals surface area contributed by atoms with Gasteiger partial charge in [-0.25, -0.2) is 0 Å². The molecule has 0 aromatic heterocycles. The van der Waals surface area contributed by atoms with E-state index < -0.39 is 23.9 Å². The Labute approximate surface area is 222 Å². The quantitative estimate of drug-likeness (QED) is 0.507. The van der Waals surface area contributed by atoms with Crippen molar-refractivity contribution in [1.29, 1.82) is 0 Å². The van der Waals surface area contributed by atoms with Crippen LogP contribution in [0.2, 0.25) is 0 Å². The third-order valence-corrected chi connectivity index (χ3v) is 8.58. The van der Waals surface area contributed by atoms with Crippen LogP contribution in [0.5, 0.6) is 11.5 Å². The van der Waals surface area contributed by atoms with Crippen molar-refractivity contribution in [3.8, 4) is 11.5 Å². The Morgan fingerprint density at radius 1 is 0.919 bits per heavy atom. The minimum absolute atomic E-state index is 0.251. The fourth-order valence-corrected chi connectivity index (χ4v) is 6.41. The molecule has 3 aliphatic rings. The predicted octanol–water partition coefficient (Wildman–Crippen LogP) is 3.90. The predicted molar refractivity (Wildman–Crippen MR) is 143 cm³/mol. The lowest BCUT2D eigenvalue weighted by Crippen LogP contribution is -2.63. The summed E-state index contributed by atoms with van der Waals surface area (Å²) in [5.41, 5.74) is 0.825. The number of methoxy groups -OCH3 is 2. The van der Waals surface area contributed by atoms with Crippen molar-refractivity contribution in [2.24, 2.45) is 4.99 Å². The van der Waals surface area contributed by atoms with Crippen LogP contribution in [0.15, 0.2) is 53.5 Å². The average Bonchev–Trinajstić information content (AvgIpc) is 3.57. The van der Waals surface area contributed by atoms with Gasteiger partial charge in [0.2, 0.25) is 0 Å². The maximum Gasteiger partial charge on any atom is 0.159 e. The van der Waals surface area contributed by atoms with Gasteiger partial charge in [-0.15, -0.1) is 0 Å². The smallest absolute Gasteiger partial charge is 0.159 e. The molecule has 9 heteroatoms. The molecule has 8 nitrogen and oxygen atoms in total. The highest BCUT2D eigenvalue weighted by atomic mass is 32.2. The highest BCUT2D eigenvalue weighted by Crippen LogP contribution is 2.45. The summed E-state index contributed by atoms with van der Waals surface area (Å²) in [4.78, 5) is 4.88. The number of fused-ring (bicyclic) bond motifs is 1. The van der Waals surface area contributed by atoms with E-state index in [1.807, 2.05) is 55.6 Å². The summed E-state index contributed by atoms with van der Waals surface area (Å²) >= 11 is 1.55. The molecule has 0 unspecified atom stereocenters. The summed E-state index contributed by atoms with van der Waals surface area (Å²) in [5.74, 6) is 1.60. The highest BCUT2D eigenvalue weighted by Gasteiger charge is 2.57. The van der Waals surface area contributed by atoms with Crippen LogP contribution in [-0.4, -0.2) is 66.9 Å². The van der Waals surface area contributed by atoms with E-state index in [1.165, 1.54) is 0 Å². The van der Waals surface area contributed by atoms with E-state index in [1.54, 1.807) is 26.0 Å². The fraction of sp³-hybridized carbons (Fsp3) is 0.536. The zero-order valence-corrected chi connectivity index (χ0v) is 22.4. The Hall–Kier alpha value is -2.30. The Morgan fingerprint density at radius 2 is 1.46 bits per heavy atom. The van der Waals surface area contributed by atoms with Crippen molar-refractivity contribution in [2.75, 3.05) is 21.3 Å². The molecule has 1 saturated carbocycles. The number of nitrogens with zero attached hydrogens (tertiary/aromatic N) is 1. The molecule has 200 valence electrons. The van der Waals surface area contributed by atoms with Crippen LogP contribution < -0.4 is 14.8 Å². The summed E-state index contributed by atoms with van der Waals surface area (Å²) in [6, 6.07) is 15.4. The Morgan fingerprint density at radius 3 is 1.97 bits per heavy atom. The van der Waals surface area contributed by atoms with Crippen molar-refractivity contribution in [1.82, 2.24) is 5.32 Å². The number of aliphatic imine (C=N–C) groups is 1. The fourth-order valence-electron chi connectivity index (χ4n) is 5.36. The van der Waals surface area contributed by atoms with E-state index in [0.29, 0.717) is 26.1 Å². The first kappa shape index (κ1) is 26.3. The van der Waals surface area contributed by atoms with Crippen LogP contribution in [0.1, 0.15) is 36.8 Å². The van der Waals surface area contributed by atoms with Gasteiger partial charge in [0.15, 0.2) is 5.17 Å². The first-order chi connectivity index (χ1) is 18.0. The third-order valence-electron chi connectivity index (χ3n) is 7.43. The first-order valence-electron chi connectivity index (χ1n) is 12.8. The van der Waals surface area contributed by atoms with Crippen LogP contribution in [0.3, 0.4) is 0 Å². The van der Waals surface area contributed by atoms with Gasteiger partial charge < -0.3 is 34.1 Å². The first-order valence-corrected chi connectivity index (χ1v) is 13.7. The molecule has 0 radical (unpaired) electrons. The molecule has 0 bridgehead atoms. The van der Waals surface area contributed by atoms with Gasteiger partial charge in [-0.05, 0) is 48.2 Å². The SMILES string of the molecule is CNC1=N[C@@H]2[C@@H](OCc3ccc(OC)cc3)[C@@H](OCc3ccc(OC)cc3)[C@@H](C3(O)CCCC3)O[C@@H]2S1. The molecule has 0 amide bonds. The highest BCUT2D eigenvalue weighted by molar-refractivity contribution is 8.14. The number of rotatable bonds is 9. The normalized spacial score (nSPS) is 28.4. The zero-order chi connectivity index (χ0) is 25.8. The summed E-state index contributed by atoms with van der Waals surface area (Å²) in [6.45, 7) is 0.751. The minimum atomic E-state index is -0.958. The molecule has 1 saturated heterocycles. The molecule has 5 atom stereocenters. The van der Waals surface area contributed by atoms with Crippen molar-refractivity contribution in [2.45, 2.75) is 74.3 Å². The molecule has 2 fully saturated rings. The van der Waals surface area contributed by atoms with Crippen molar-refractivity contribution < 1.29 is 28.8 Å². The standard InChI is InChI=1S/C28H36N2O6S/c1-29-27-30-22-23(34-16-18-6-10-20(32-2)11-7-18)24(35-17-19-8-12-21(33-3)13-9-19)25(36-26(22)37-27)28(31)14-4-5-15-28/h6-13,22-26,31H,4-5,14-17H2,1-3H3,(H,29,30)/t22-,23-,24-,25+,26-/m1/s1. The number of ether oxygens (including phenoxy) is 5. The summed E-state index contributed by atoms with van der Waals surface area (Å²) in [6.07, 6.45) is 1.91. The molecular weight excluding hydrogens is 492 g/mol. The Kier molecular flexibility index (Phi) is 8.26. The van der Waals surface area contributed by atoms with E-state index in [-0.39, 0.29) is 11.5 Å². The number of hydrogen-bond acceptors (Lipinski definition) is 9. The summed E-state index contributed by atoms with van der Waals surface area (Å²) in [5, 5.41) is 15.7. The van der Waals surface area contributed by atoms with Crippen molar-refractivity contribution in [3.05, 3.63) is 59.7 Å². The molecule has 0 spiro atoms. The number of amidine groups is 1. The van der Waals surface area contributed by atoms with E-state index in [9.17, 15) is 5.11 Å². The second kappa shape index (κ2) is 11.6. The number of thioether (sulfide) groups is 1. The van der Waals surface area contributed by atoms with Gasteiger partial charge >= 0.3 is 0 Å². The lowest BCUT2D eigenvalue weighted by atomic mass is 9.84. The summed E-state index contributed by atoms with van der Waals surface area (Å²) in [7, 11) is 5.16. The molecule has 1 aliphatic carbocycles. The van der Waals surface area contributed by atoms with E-state index in [2.05, 4.69) is 5.32 Å². The number of benzene rings is 2. The largest absolute Gasteiger partial charge is 0.497 e. The zero-order valence-electron chi connectivity index (χ0n) is 21.6. The molecule has 2 aliphatic heterocycles. The second-order valence-corrected chi connectivity index (χ2v) is 10.9. The van der Waals surface area contributed by atoms with Crippen molar-refractivity contribution >= 4 is 16.9 Å². The van der Waals surface area contributed by atoms with Gasteiger partial charge in [-0.1, -0.05) is 48.9 Å². The maximum atomic E-state index is 11.7. The van der Waals surface area contributed by atoms with E-state index >= 15 is 0 Å². The van der Waals surface area contributed by atoms with Gasteiger partial charge in [0, 0.05) is 7.05 Å². The van der Waals surface area contributed by atoms with Gasteiger partial charge in [-0.3, -0.25) is 4.99 Å². The van der Waals surface area contributed by atoms with Crippen molar-refractivity contribution in [3.63, 3.8) is 0 Å². The maximum absolute atomic E-state index is 11.7. The minimum Gasteiger partial charge on any atom is -0.497 e. The van der Waals surface area contributed by atoms with E-state index in [0.717, 1.165) is 40.6 Å². The molecular formula is C28H36N2O6S.